The van der Waals surface area contributed by atoms with Gasteiger partial charge < -0.3 is 14.7 Å². The van der Waals surface area contributed by atoms with Gasteiger partial charge in [-0.25, -0.2) is 0 Å². The topological polar surface area (TPSA) is 70.1 Å². The predicted octanol–water partition coefficient (Wildman–Crippen LogP) is 0.812. The van der Waals surface area contributed by atoms with Crippen LogP contribution >= 0.6 is 0 Å². The van der Waals surface area contributed by atoms with Crippen LogP contribution < -0.4 is 0 Å². The summed E-state index contributed by atoms with van der Waals surface area (Å²) in [4.78, 5) is 28.3. The molecule has 0 aromatic heterocycles. The molecule has 2 atom stereocenters. The summed E-state index contributed by atoms with van der Waals surface area (Å²) in [6, 6.07) is 0. The molecule has 0 bridgehead atoms. The van der Waals surface area contributed by atoms with Crippen LogP contribution in [0.25, 0.3) is 0 Å². The van der Waals surface area contributed by atoms with Gasteiger partial charge in [-0.1, -0.05) is 12.8 Å². The van der Waals surface area contributed by atoms with Crippen LogP contribution in [-0.4, -0.2) is 72.7 Å². The van der Waals surface area contributed by atoms with Gasteiger partial charge in [0.1, 0.15) is 0 Å². The number of fused-ring (bicyclic) bond motifs is 1. The highest BCUT2D eigenvalue weighted by Crippen LogP contribution is 2.42. The quantitative estimate of drug-likeness (QED) is 0.835. The van der Waals surface area contributed by atoms with Crippen molar-refractivity contribution in [3.05, 3.63) is 0 Å². The number of carbonyl (C=O) groups is 2. The molecule has 3 saturated heterocycles. The van der Waals surface area contributed by atoms with Crippen LogP contribution in [0, 0.1) is 11.3 Å². The van der Waals surface area contributed by atoms with Gasteiger partial charge in [-0.15, -0.1) is 0 Å². The lowest BCUT2D eigenvalue weighted by molar-refractivity contribution is -0.157. The SMILES string of the molecule is O=C(CN1CCCCCC1)N1C[C@@H]2COCC[C@]2(C(=O)O)C1. The van der Waals surface area contributed by atoms with Gasteiger partial charge in [-0.2, -0.15) is 0 Å². The lowest BCUT2D eigenvalue weighted by atomic mass is 9.74. The summed E-state index contributed by atoms with van der Waals surface area (Å²) in [6.45, 7) is 4.22. The van der Waals surface area contributed by atoms with Gasteiger partial charge in [0.2, 0.25) is 5.91 Å². The van der Waals surface area contributed by atoms with Crippen LogP contribution in [0.2, 0.25) is 0 Å². The van der Waals surface area contributed by atoms with Crippen LogP contribution in [0.1, 0.15) is 32.1 Å². The smallest absolute Gasteiger partial charge is 0.311 e. The van der Waals surface area contributed by atoms with E-state index in [1.165, 1.54) is 12.8 Å². The third-order valence-electron chi connectivity index (χ3n) is 5.54. The van der Waals surface area contributed by atoms with E-state index in [4.69, 9.17) is 4.74 Å². The van der Waals surface area contributed by atoms with Crippen molar-refractivity contribution in [2.45, 2.75) is 32.1 Å². The molecule has 3 aliphatic rings. The Hall–Kier alpha value is -1.14. The zero-order valence-electron chi connectivity index (χ0n) is 13.1. The Morgan fingerprint density at radius 3 is 2.55 bits per heavy atom. The average molecular weight is 310 g/mol. The molecule has 3 heterocycles. The fraction of sp³-hybridized carbons (Fsp3) is 0.875. The van der Waals surface area contributed by atoms with Crippen molar-refractivity contribution in [2.75, 3.05) is 45.9 Å². The van der Waals surface area contributed by atoms with Crippen LogP contribution in [0.3, 0.4) is 0 Å². The number of aliphatic carboxylic acids is 1. The van der Waals surface area contributed by atoms with Gasteiger partial charge in [0.05, 0.1) is 18.6 Å². The number of carboxylic acids is 1. The molecule has 0 aromatic rings. The van der Waals surface area contributed by atoms with Gasteiger partial charge in [-0.3, -0.25) is 14.5 Å². The van der Waals surface area contributed by atoms with E-state index in [2.05, 4.69) is 4.90 Å². The number of carbonyl (C=O) groups excluding carboxylic acids is 1. The minimum absolute atomic E-state index is 0.0631. The largest absolute Gasteiger partial charge is 0.481 e. The summed E-state index contributed by atoms with van der Waals surface area (Å²) in [6.07, 6.45) is 5.32. The van der Waals surface area contributed by atoms with Crippen molar-refractivity contribution in [2.24, 2.45) is 11.3 Å². The van der Waals surface area contributed by atoms with E-state index in [0.717, 1.165) is 25.9 Å². The molecule has 0 aliphatic carbocycles. The minimum Gasteiger partial charge on any atom is -0.481 e. The van der Waals surface area contributed by atoms with E-state index < -0.39 is 11.4 Å². The van der Waals surface area contributed by atoms with E-state index in [9.17, 15) is 14.7 Å². The Balaban J connectivity index is 1.63. The highest BCUT2D eigenvalue weighted by Gasteiger charge is 2.54. The molecule has 3 aliphatic heterocycles. The van der Waals surface area contributed by atoms with Gasteiger partial charge in [0, 0.05) is 25.6 Å². The van der Waals surface area contributed by atoms with Crippen molar-refractivity contribution in [3.63, 3.8) is 0 Å². The molecule has 6 heteroatoms. The molecule has 3 fully saturated rings. The van der Waals surface area contributed by atoms with Crippen molar-refractivity contribution < 1.29 is 19.4 Å². The number of amides is 1. The first-order valence-corrected chi connectivity index (χ1v) is 8.43. The molecular formula is C16H26N2O4. The maximum absolute atomic E-state index is 12.6. The third kappa shape index (κ3) is 2.99. The summed E-state index contributed by atoms with van der Waals surface area (Å²) in [5, 5.41) is 9.65. The molecule has 0 saturated carbocycles. The molecule has 0 radical (unpaired) electrons. The maximum atomic E-state index is 12.6. The standard InChI is InChI=1S/C16H26N2O4/c19-14(10-17-6-3-1-2-4-7-17)18-9-13-11-22-8-5-16(13,12-18)15(20)21/h13H,1-12H2,(H,20,21)/t13-,16+/m1/s1. The first kappa shape index (κ1) is 15.7. The van der Waals surface area contributed by atoms with E-state index in [0.29, 0.717) is 39.3 Å². The van der Waals surface area contributed by atoms with Gasteiger partial charge >= 0.3 is 5.97 Å². The fourth-order valence-electron chi connectivity index (χ4n) is 4.08. The number of rotatable bonds is 3. The van der Waals surface area contributed by atoms with Crippen molar-refractivity contribution >= 4 is 11.9 Å². The Morgan fingerprint density at radius 2 is 1.91 bits per heavy atom. The molecule has 0 spiro atoms. The van der Waals surface area contributed by atoms with Gasteiger partial charge in [0.25, 0.3) is 0 Å². The second-order valence-corrected chi connectivity index (χ2v) is 6.95. The second-order valence-electron chi connectivity index (χ2n) is 6.95. The minimum atomic E-state index is -0.785. The molecule has 124 valence electrons. The molecule has 1 N–H and O–H groups in total. The van der Waals surface area contributed by atoms with Crippen molar-refractivity contribution in [1.29, 1.82) is 0 Å². The average Bonchev–Trinajstić information content (AvgIpc) is 2.74. The lowest BCUT2D eigenvalue weighted by Gasteiger charge is -2.33. The highest BCUT2D eigenvalue weighted by atomic mass is 16.5. The summed E-state index contributed by atoms with van der Waals surface area (Å²) >= 11 is 0. The highest BCUT2D eigenvalue weighted by molar-refractivity contribution is 5.82. The molecular weight excluding hydrogens is 284 g/mol. The number of hydrogen-bond donors (Lipinski definition) is 1. The second kappa shape index (κ2) is 6.54. The molecule has 6 nitrogen and oxygen atoms in total. The molecule has 22 heavy (non-hydrogen) atoms. The van der Waals surface area contributed by atoms with Crippen LogP contribution in [0.4, 0.5) is 0 Å². The fourth-order valence-corrected chi connectivity index (χ4v) is 4.08. The molecule has 0 unspecified atom stereocenters. The number of hydrogen-bond acceptors (Lipinski definition) is 4. The monoisotopic (exact) mass is 310 g/mol. The summed E-state index contributed by atoms with van der Waals surface area (Å²) in [7, 11) is 0. The number of likely N-dealkylation sites (tertiary alicyclic amines) is 2. The zero-order valence-corrected chi connectivity index (χ0v) is 13.1. The maximum Gasteiger partial charge on any atom is 0.311 e. The van der Waals surface area contributed by atoms with Crippen LogP contribution in [0.15, 0.2) is 0 Å². The summed E-state index contributed by atoms with van der Waals surface area (Å²) in [5.41, 5.74) is -0.785. The van der Waals surface area contributed by atoms with Gasteiger partial charge in [-0.05, 0) is 32.4 Å². The van der Waals surface area contributed by atoms with Crippen LogP contribution in [-0.2, 0) is 14.3 Å². The van der Waals surface area contributed by atoms with Crippen LogP contribution in [0.5, 0.6) is 0 Å². The zero-order chi connectivity index (χ0) is 15.6. The van der Waals surface area contributed by atoms with Crippen molar-refractivity contribution in [3.8, 4) is 0 Å². The van der Waals surface area contributed by atoms with E-state index >= 15 is 0 Å². The predicted molar refractivity (Wildman–Crippen MR) is 80.5 cm³/mol. The van der Waals surface area contributed by atoms with Gasteiger partial charge in [0.15, 0.2) is 0 Å². The Bertz CT molecular complexity index is 434. The Morgan fingerprint density at radius 1 is 1.18 bits per heavy atom. The first-order valence-electron chi connectivity index (χ1n) is 8.43. The third-order valence-corrected chi connectivity index (χ3v) is 5.54. The molecule has 1 amide bonds. The Kier molecular flexibility index (Phi) is 4.68. The van der Waals surface area contributed by atoms with E-state index in [1.807, 2.05) is 0 Å². The number of carboxylic acid groups (broad SMARTS) is 1. The first-order chi connectivity index (χ1) is 10.6. The lowest BCUT2D eigenvalue weighted by Crippen LogP contribution is -2.45. The molecule has 3 rings (SSSR count). The van der Waals surface area contributed by atoms with E-state index in [1.54, 1.807) is 4.90 Å². The Labute approximate surface area is 131 Å². The number of nitrogens with zero attached hydrogens (tertiary/aromatic N) is 2. The summed E-state index contributed by atoms with van der Waals surface area (Å²) < 4.78 is 5.44. The molecule has 0 aromatic carbocycles. The van der Waals surface area contributed by atoms with E-state index in [-0.39, 0.29) is 11.8 Å². The van der Waals surface area contributed by atoms with Crippen molar-refractivity contribution in [1.82, 2.24) is 9.80 Å². The normalized spacial score (nSPS) is 33.3. The summed E-state index contributed by atoms with van der Waals surface area (Å²) in [5.74, 6) is -0.755. The number of ether oxygens (including phenoxy) is 1.